The molecule has 0 atom stereocenters. The second-order valence-corrected chi connectivity index (χ2v) is 6.99. The van der Waals surface area contributed by atoms with E-state index >= 15 is 0 Å². The van der Waals surface area contributed by atoms with E-state index in [1.54, 1.807) is 29.8 Å². The summed E-state index contributed by atoms with van der Waals surface area (Å²) in [6.45, 7) is 2.75. The van der Waals surface area contributed by atoms with Gasteiger partial charge in [0.15, 0.2) is 0 Å². The summed E-state index contributed by atoms with van der Waals surface area (Å²) >= 11 is 1.65. The first-order valence-electron chi connectivity index (χ1n) is 8.51. The molecule has 1 amide bonds. The molecule has 0 spiro atoms. The second kappa shape index (κ2) is 7.55. The number of rotatable bonds is 6. The zero-order chi connectivity index (χ0) is 18.6. The molecule has 0 saturated heterocycles. The molecule has 27 heavy (non-hydrogen) atoms. The third-order valence-electron chi connectivity index (χ3n) is 4.18. The molecule has 4 rings (SSSR count). The summed E-state index contributed by atoms with van der Waals surface area (Å²) < 4.78 is 3.71. The predicted octanol–water partition coefficient (Wildman–Crippen LogP) is 3.33. The van der Waals surface area contributed by atoms with E-state index in [4.69, 9.17) is 0 Å². The summed E-state index contributed by atoms with van der Waals surface area (Å²) in [4.78, 5) is 22.2. The molecule has 0 aliphatic rings. The highest BCUT2D eigenvalue weighted by molar-refractivity contribution is 7.09. The smallest absolute Gasteiger partial charge is 0.257 e. The Labute approximate surface area is 160 Å². The number of nitrogens with one attached hydrogen (secondary N) is 1. The summed E-state index contributed by atoms with van der Waals surface area (Å²) in [6, 6.07) is 7.43. The molecule has 0 aliphatic heterocycles. The summed E-state index contributed by atoms with van der Waals surface area (Å²) in [5.41, 5.74) is 4.08. The first-order chi connectivity index (χ1) is 13.2. The molecule has 4 aromatic heterocycles. The molecule has 0 bridgehead atoms. The van der Waals surface area contributed by atoms with Crippen LogP contribution in [0.1, 0.15) is 20.9 Å². The molecule has 136 valence electrons. The van der Waals surface area contributed by atoms with E-state index in [9.17, 15) is 4.79 Å². The Morgan fingerprint density at radius 3 is 2.74 bits per heavy atom. The van der Waals surface area contributed by atoms with Gasteiger partial charge in [0.05, 0.1) is 28.7 Å². The van der Waals surface area contributed by atoms with Gasteiger partial charge in [0.1, 0.15) is 5.82 Å². The quantitative estimate of drug-likeness (QED) is 0.558. The molecule has 0 saturated carbocycles. The van der Waals surface area contributed by atoms with Crippen LogP contribution < -0.4 is 5.32 Å². The van der Waals surface area contributed by atoms with Crippen molar-refractivity contribution >= 4 is 22.9 Å². The van der Waals surface area contributed by atoms with Crippen LogP contribution in [0.5, 0.6) is 0 Å². The molecule has 4 aromatic rings. The number of pyridine rings is 1. The normalized spacial score (nSPS) is 10.9. The van der Waals surface area contributed by atoms with Gasteiger partial charge in [-0.2, -0.15) is 5.10 Å². The van der Waals surface area contributed by atoms with Crippen LogP contribution in [0, 0.1) is 6.92 Å². The summed E-state index contributed by atoms with van der Waals surface area (Å²) in [7, 11) is 0. The Morgan fingerprint density at radius 1 is 1.19 bits per heavy atom. The second-order valence-electron chi connectivity index (χ2n) is 6.05. The number of amides is 1. The van der Waals surface area contributed by atoms with E-state index in [2.05, 4.69) is 20.4 Å². The van der Waals surface area contributed by atoms with Crippen LogP contribution >= 0.6 is 11.3 Å². The lowest BCUT2D eigenvalue weighted by Crippen LogP contribution is -2.12. The molecule has 0 fully saturated rings. The highest BCUT2D eigenvalue weighted by Crippen LogP contribution is 2.15. The van der Waals surface area contributed by atoms with Gasteiger partial charge < -0.3 is 9.88 Å². The Balaban J connectivity index is 1.37. The maximum atomic E-state index is 12.4. The number of aryl methyl sites for hydroxylation is 3. The van der Waals surface area contributed by atoms with Crippen molar-refractivity contribution in [3.05, 3.63) is 76.9 Å². The van der Waals surface area contributed by atoms with Gasteiger partial charge in [0.25, 0.3) is 5.91 Å². The fourth-order valence-corrected chi connectivity index (χ4v) is 3.47. The third-order valence-corrected chi connectivity index (χ3v) is 5.18. The number of hydrogen-bond donors (Lipinski definition) is 1. The number of anilines is 1. The number of carbonyl (C=O) groups is 1. The zero-order valence-corrected chi connectivity index (χ0v) is 15.6. The lowest BCUT2D eigenvalue weighted by atomic mass is 10.2. The molecule has 0 aromatic carbocycles. The van der Waals surface area contributed by atoms with Gasteiger partial charge in [0, 0.05) is 42.6 Å². The van der Waals surface area contributed by atoms with E-state index < -0.39 is 0 Å². The number of carbonyl (C=O) groups excluding carboxylic acids is 1. The van der Waals surface area contributed by atoms with Crippen molar-refractivity contribution < 1.29 is 4.79 Å². The van der Waals surface area contributed by atoms with E-state index in [1.807, 2.05) is 58.5 Å². The highest BCUT2D eigenvalue weighted by Gasteiger charge is 2.09. The maximum absolute atomic E-state index is 12.4. The Morgan fingerprint density at radius 2 is 2.04 bits per heavy atom. The minimum atomic E-state index is -0.209. The van der Waals surface area contributed by atoms with E-state index in [1.165, 1.54) is 4.88 Å². The van der Waals surface area contributed by atoms with Crippen molar-refractivity contribution in [3.63, 3.8) is 0 Å². The largest absolute Gasteiger partial charge is 0.319 e. The topological polar surface area (TPSA) is 77.6 Å². The molecular formula is C19H18N6OS. The van der Waals surface area contributed by atoms with Crippen molar-refractivity contribution in [1.82, 2.24) is 24.3 Å². The Kier molecular flexibility index (Phi) is 4.80. The number of nitrogens with zero attached hydrogens (tertiary/aromatic N) is 5. The van der Waals surface area contributed by atoms with Gasteiger partial charge in [-0.1, -0.05) is 0 Å². The molecular weight excluding hydrogens is 360 g/mol. The SMILES string of the molecule is Cc1ncsc1CCn1cc(NC(=O)c2ccc(-n3cccc3)nc2)cn1. The minimum absolute atomic E-state index is 0.209. The first-order valence-corrected chi connectivity index (χ1v) is 9.39. The van der Waals surface area contributed by atoms with Crippen molar-refractivity contribution in [2.24, 2.45) is 0 Å². The fraction of sp³-hybridized carbons (Fsp3) is 0.158. The van der Waals surface area contributed by atoms with Gasteiger partial charge in [-0.05, 0) is 31.2 Å². The maximum Gasteiger partial charge on any atom is 0.257 e. The predicted molar refractivity (Wildman–Crippen MR) is 104 cm³/mol. The average molecular weight is 378 g/mol. The monoisotopic (exact) mass is 378 g/mol. The van der Waals surface area contributed by atoms with Crippen molar-refractivity contribution in [2.45, 2.75) is 19.9 Å². The number of aromatic nitrogens is 5. The van der Waals surface area contributed by atoms with Crippen molar-refractivity contribution in [3.8, 4) is 5.82 Å². The first kappa shape index (κ1) is 17.2. The van der Waals surface area contributed by atoms with E-state index in [0.717, 1.165) is 24.5 Å². The summed E-state index contributed by atoms with van der Waals surface area (Å²) in [5.74, 6) is 0.558. The molecule has 8 heteroatoms. The lowest BCUT2D eigenvalue weighted by Gasteiger charge is -2.05. The van der Waals surface area contributed by atoms with Gasteiger partial charge in [-0.15, -0.1) is 11.3 Å². The summed E-state index contributed by atoms with van der Waals surface area (Å²) in [6.07, 6.45) is 9.74. The molecule has 7 nitrogen and oxygen atoms in total. The van der Waals surface area contributed by atoms with Crippen molar-refractivity contribution in [2.75, 3.05) is 5.32 Å². The van der Waals surface area contributed by atoms with E-state index in [-0.39, 0.29) is 5.91 Å². The van der Waals surface area contributed by atoms with Crippen LogP contribution in [0.15, 0.2) is 60.8 Å². The molecule has 4 heterocycles. The Bertz CT molecular complexity index is 1030. The molecule has 0 unspecified atom stereocenters. The molecule has 0 aliphatic carbocycles. The van der Waals surface area contributed by atoms with Crippen LogP contribution in [-0.4, -0.2) is 30.2 Å². The minimum Gasteiger partial charge on any atom is -0.319 e. The van der Waals surface area contributed by atoms with Gasteiger partial charge in [-0.25, -0.2) is 9.97 Å². The van der Waals surface area contributed by atoms with Crippen LogP contribution in [-0.2, 0) is 13.0 Å². The fourth-order valence-electron chi connectivity index (χ4n) is 2.70. The molecule has 0 radical (unpaired) electrons. The zero-order valence-electron chi connectivity index (χ0n) is 14.7. The van der Waals surface area contributed by atoms with Crippen LogP contribution in [0.2, 0.25) is 0 Å². The van der Waals surface area contributed by atoms with Crippen LogP contribution in [0.3, 0.4) is 0 Å². The highest BCUT2D eigenvalue weighted by atomic mass is 32.1. The number of thiazole rings is 1. The van der Waals surface area contributed by atoms with Gasteiger partial charge in [0.2, 0.25) is 0 Å². The summed E-state index contributed by atoms with van der Waals surface area (Å²) in [5, 5.41) is 7.17. The molecule has 1 N–H and O–H groups in total. The van der Waals surface area contributed by atoms with Crippen LogP contribution in [0.25, 0.3) is 5.82 Å². The average Bonchev–Trinajstić information content (AvgIpc) is 3.43. The van der Waals surface area contributed by atoms with E-state index in [0.29, 0.717) is 11.3 Å². The van der Waals surface area contributed by atoms with Gasteiger partial charge in [-0.3, -0.25) is 9.48 Å². The third kappa shape index (κ3) is 3.95. The number of hydrogen-bond acceptors (Lipinski definition) is 5. The lowest BCUT2D eigenvalue weighted by molar-refractivity contribution is 0.102. The van der Waals surface area contributed by atoms with Crippen molar-refractivity contribution in [1.29, 1.82) is 0 Å². The standard InChI is InChI=1S/C19H18N6OS/c1-14-17(27-13-21-14)6-9-25-12-16(11-22-25)23-19(26)15-4-5-18(20-10-15)24-7-2-3-8-24/h2-5,7-8,10-13H,6,9H2,1H3,(H,23,26). The van der Waals surface area contributed by atoms with Gasteiger partial charge >= 0.3 is 0 Å². The Hall–Kier alpha value is -3.26. The van der Waals surface area contributed by atoms with Crippen LogP contribution in [0.4, 0.5) is 5.69 Å².